The van der Waals surface area contributed by atoms with Gasteiger partial charge in [-0.05, 0) is 12.8 Å². The number of hydrogen-bond donors (Lipinski definition) is 3. The molecule has 110 valence electrons. The van der Waals surface area contributed by atoms with Crippen molar-refractivity contribution in [1.82, 2.24) is 15.2 Å². The molecule has 8 heteroatoms. The maximum absolute atomic E-state index is 11.8. The fraction of sp³-hybridized carbons (Fsp3) is 0.583. The molecule has 2 amide bonds. The molecule has 2 rings (SSSR count). The molecule has 0 radical (unpaired) electrons. The van der Waals surface area contributed by atoms with Gasteiger partial charge in [-0.15, -0.1) is 11.3 Å². The third kappa shape index (κ3) is 3.91. The first-order chi connectivity index (χ1) is 9.56. The van der Waals surface area contributed by atoms with Gasteiger partial charge < -0.3 is 20.4 Å². The van der Waals surface area contributed by atoms with Crippen molar-refractivity contribution in [2.24, 2.45) is 0 Å². The number of rotatable bonds is 4. The fourth-order valence-corrected chi connectivity index (χ4v) is 2.82. The maximum Gasteiger partial charge on any atom is 0.355 e. The monoisotopic (exact) mass is 299 g/mol. The van der Waals surface area contributed by atoms with Crippen molar-refractivity contribution in [3.8, 4) is 0 Å². The van der Waals surface area contributed by atoms with Crippen molar-refractivity contribution in [3.05, 3.63) is 16.1 Å². The molecule has 1 atom stereocenters. The number of carbonyl (C=O) groups is 2. The predicted octanol–water partition coefficient (Wildman–Crippen LogP) is 0.550. The first kappa shape index (κ1) is 14.7. The van der Waals surface area contributed by atoms with Gasteiger partial charge in [0.2, 0.25) is 0 Å². The van der Waals surface area contributed by atoms with E-state index in [1.54, 1.807) is 4.90 Å². The number of aromatic nitrogens is 1. The summed E-state index contributed by atoms with van der Waals surface area (Å²) in [4.78, 5) is 28.1. The highest BCUT2D eigenvalue weighted by molar-refractivity contribution is 7.09. The number of hydrogen-bond acceptors (Lipinski definition) is 5. The number of likely N-dealkylation sites (tertiary alicyclic amines) is 1. The number of β-amino-alcohol motifs (C(OH)–C–C–N with tert-alkyl or cyclic N) is 1. The Hall–Kier alpha value is -1.67. The number of aliphatic hydroxyl groups excluding tert-OH is 1. The largest absolute Gasteiger partial charge is 0.476 e. The molecule has 1 aromatic rings. The van der Waals surface area contributed by atoms with Crippen LogP contribution in [0.15, 0.2) is 5.38 Å². The summed E-state index contributed by atoms with van der Waals surface area (Å²) in [6.07, 6.45) is 1.61. The quantitative estimate of drug-likeness (QED) is 0.753. The Balaban J connectivity index is 1.74. The zero-order valence-electron chi connectivity index (χ0n) is 10.9. The summed E-state index contributed by atoms with van der Waals surface area (Å²) in [6.45, 7) is 1.42. The lowest BCUT2D eigenvalue weighted by molar-refractivity contribution is 0.0691. The van der Waals surface area contributed by atoms with E-state index in [0.29, 0.717) is 31.1 Å². The van der Waals surface area contributed by atoms with Crippen LogP contribution in [0.5, 0.6) is 0 Å². The number of nitrogens with zero attached hydrogens (tertiary/aromatic N) is 2. The molecule has 2 heterocycles. The third-order valence-corrected chi connectivity index (χ3v) is 3.98. The second-order valence-corrected chi connectivity index (χ2v) is 5.60. The molecular weight excluding hydrogens is 282 g/mol. The molecule has 1 saturated heterocycles. The zero-order valence-corrected chi connectivity index (χ0v) is 11.7. The summed E-state index contributed by atoms with van der Waals surface area (Å²) in [5.74, 6) is -1.04. The van der Waals surface area contributed by atoms with E-state index < -0.39 is 12.1 Å². The van der Waals surface area contributed by atoms with Crippen molar-refractivity contribution in [2.45, 2.75) is 25.4 Å². The smallest absolute Gasteiger partial charge is 0.355 e. The lowest BCUT2D eigenvalue weighted by Gasteiger charge is -2.30. The van der Waals surface area contributed by atoms with Crippen LogP contribution in [0.25, 0.3) is 0 Å². The first-order valence-electron chi connectivity index (χ1n) is 6.45. The second-order valence-electron chi connectivity index (χ2n) is 4.66. The third-order valence-electron chi connectivity index (χ3n) is 3.07. The summed E-state index contributed by atoms with van der Waals surface area (Å²) < 4.78 is 0. The van der Waals surface area contributed by atoms with Crippen LogP contribution in [-0.2, 0) is 6.42 Å². The molecule has 1 aliphatic rings. The summed E-state index contributed by atoms with van der Waals surface area (Å²) in [7, 11) is 0. The van der Waals surface area contributed by atoms with Gasteiger partial charge in [-0.25, -0.2) is 14.6 Å². The molecule has 0 spiro atoms. The zero-order chi connectivity index (χ0) is 14.5. The molecular formula is C12H17N3O4S. The van der Waals surface area contributed by atoms with E-state index in [0.717, 1.165) is 12.8 Å². The molecule has 0 bridgehead atoms. The Bertz CT molecular complexity index is 491. The fourth-order valence-electron chi connectivity index (χ4n) is 2.05. The van der Waals surface area contributed by atoms with E-state index in [-0.39, 0.29) is 11.7 Å². The molecule has 20 heavy (non-hydrogen) atoms. The van der Waals surface area contributed by atoms with Gasteiger partial charge in [-0.1, -0.05) is 0 Å². The number of piperidine rings is 1. The highest BCUT2D eigenvalue weighted by atomic mass is 32.1. The van der Waals surface area contributed by atoms with Crippen LogP contribution in [0.3, 0.4) is 0 Å². The van der Waals surface area contributed by atoms with E-state index in [2.05, 4.69) is 10.3 Å². The molecule has 7 nitrogen and oxygen atoms in total. The van der Waals surface area contributed by atoms with Crippen LogP contribution in [-0.4, -0.2) is 57.8 Å². The van der Waals surface area contributed by atoms with Gasteiger partial charge in [-0.2, -0.15) is 0 Å². The summed E-state index contributed by atoms with van der Waals surface area (Å²) in [6, 6.07) is -0.196. The molecule has 0 aromatic carbocycles. The van der Waals surface area contributed by atoms with Crippen molar-refractivity contribution in [3.63, 3.8) is 0 Å². The van der Waals surface area contributed by atoms with Gasteiger partial charge in [0.05, 0.1) is 11.1 Å². The standard InChI is InChI=1S/C12H17N3O4S/c16-8-2-1-5-15(6-8)12(19)13-4-3-10-14-9(7-20-10)11(17)18/h7-8,16H,1-6H2,(H,13,19)(H,17,18). The first-order valence-corrected chi connectivity index (χ1v) is 7.33. The van der Waals surface area contributed by atoms with Crippen LogP contribution in [0, 0.1) is 0 Å². The number of nitrogens with one attached hydrogen (secondary N) is 1. The van der Waals surface area contributed by atoms with Crippen molar-refractivity contribution >= 4 is 23.3 Å². The molecule has 0 saturated carbocycles. The number of urea groups is 1. The highest BCUT2D eigenvalue weighted by Gasteiger charge is 2.21. The average Bonchev–Trinajstić information content (AvgIpc) is 2.87. The van der Waals surface area contributed by atoms with E-state index in [9.17, 15) is 14.7 Å². The average molecular weight is 299 g/mol. The van der Waals surface area contributed by atoms with Gasteiger partial charge in [0.25, 0.3) is 0 Å². The topological polar surface area (TPSA) is 103 Å². The van der Waals surface area contributed by atoms with E-state index >= 15 is 0 Å². The Morgan fingerprint density at radius 3 is 3.00 bits per heavy atom. The van der Waals surface area contributed by atoms with E-state index in [1.165, 1.54) is 16.7 Å². The highest BCUT2D eigenvalue weighted by Crippen LogP contribution is 2.11. The van der Waals surface area contributed by atoms with Gasteiger partial charge in [0, 0.05) is 31.4 Å². The summed E-state index contributed by atoms with van der Waals surface area (Å²) >= 11 is 1.27. The van der Waals surface area contributed by atoms with Crippen molar-refractivity contribution in [2.75, 3.05) is 19.6 Å². The van der Waals surface area contributed by atoms with Gasteiger partial charge >= 0.3 is 12.0 Å². The van der Waals surface area contributed by atoms with Crippen LogP contribution in [0.2, 0.25) is 0 Å². The number of thiazole rings is 1. The summed E-state index contributed by atoms with van der Waals surface area (Å²) in [5, 5.41) is 23.2. The number of carboxylic acid groups (broad SMARTS) is 1. The number of aromatic carboxylic acids is 1. The maximum atomic E-state index is 11.8. The predicted molar refractivity (Wildman–Crippen MR) is 73.0 cm³/mol. The van der Waals surface area contributed by atoms with Gasteiger partial charge in [0.1, 0.15) is 0 Å². The normalized spacial score (nSPS) is 18.9. The molecule has 1 aliphatic heterocycles. The summed E-state index contributed by atoms with van der Waals surface area (Å²) in [5.41, 5.74) is 0.0375. The SMILES string of the molecule is O=C(O)c1csc(CCNC(=O)N2CCCC(O)C2)n1. The van der Waals surface area contributed by atoms with E-state index in [4.69, 9.17) is 5.11 Å². The van der Waals surface area contributed by atoms with Gasteiger partial charge in [-0.3, -0.25) is 0 Å². The number of amides is 2. The van der Waals surface area contributed by atoms with Crippen LogP contribution < -0.4 is 5.32 Å². The molecule has 0 aliphatic carbocycles. The van der Waals surface area contributed by atoms with Crippen molar-refractivity contribution in [1.29, 1.82) is 0 Å². The Morgan fingerprint density at radius 2 is 2.35 bits per heavy atom. The molecule has 3 N–H and O–H groups in total. The lowest BCUT2D eigenvalue weighted by Crippen LogP contribution is -2.47. The molecule has 1 aromatic heterocycles. The van der Waals surface area contributed by atoms with Crippen LogP contribution >= 0.6 is 11.3 Å². The Labute approximate surface area is 120 Å². The Morgan fingerprint density at radius 1 is 1.55 bits per heavy atom. The van der Waals surface area contributed by atoms with Crippen LogP contribution in [0.1, 0.15) is 28.3 Å². The molecule has 1 unspecified atom stereocenters. The van der Waals surface area contributed by atoms with Crippen molar-refractivity contribution < 1.29 is 19.8 Å². The minimum atomic E-state index is -1.04. The second kappa shape index (κ2) is 6.67. The van der Waals surface area contributed by atoms with Gasteiger partial charge in [0.15, 0.2) is 5.69 Å². The minimum absolute atomic E-state index is 0.0375. The minimum Gasteiger partial charge on any atom is -0.476 e. The number of carbonyl (C=O) groups excluding carboxylic acids is 1. The Kier molecular flexibility index (Phi) is 4.91. The van der Waals surface area contributed by atoms with Crippen LogP contribution in [0.4, 0.5) is 4.79 Å². The number of aliphatic hydroxyl groups is 1. The lowest BCUT2D eigenvalue weighted by atomic mass is 10.1. The molecule has 1 fully saturated rings. The number of carboxylic acids is 1. The van der Waals surface area contributed by atoms with E-state index in [1.807, 2.05) is 0 Å².